The zero-order chi connectivity index (χ0) is 14.6. The Hall–Kier alpha value is -0.870. The summed E-state index contributed by atoms with van der Waals surface area (Å²) in [6.45, 7) is 13.4. The summed E-state index contributed by atoms with van der Waals surface area (Å²) in [5.41, 5.74) is 1.34. The molecular weight excluding hydrogens is 248 g/mol. The first-order chi connectivity index (χ1) is 9.47. The van der Waals surface area contributed by atoms with Crippen LogP contribution >= 0.6 is 0 Å². The average Bonchev–Trinajstić information content (AvgIpc) is 2.88. The van der Waals surface area contributed by atoms with Gasteiger partial charge in [-0.2, -0.15) is 5.10 Å². The van der Waals surface area contributed by atoms with Gasteiger partial charge >= 0.3 is 0 Å². The van der Waals surface area contributed by atoms with Crippen LogP contribution in [0.25, 0.3) is 0 Å². The maximum Gasteiger partial charge on any atom is 0.0543 e. The van der Waals surface area contributed by atoms with Crippen LogP contribution in [0.1, 0.15) is 52.5 Å². The Kier molecular flexibility index (Phi) is 5.22. The van der Waals surface area contributed by atoms with Gasteiger partial charge in [0, 0.05) is 30.9 Å². The van der Waals surface area contributed by atoms with E-state index in [2.05, 4.69) is 49.2 Å². The number of nitrogens with one attached hydrogen (secondary N) is 1. The molecule has 0 saturated carbocycles. The summed E-state index contributed by atoms with van der Waals surface area (Å²) < 4.78 is 2.04. The Labute approximate surface area is 123 Å². The Balaban J connectivity index is 1.73. The molecule has 4 heteroatoms. The summed E-state index contributed by atoms with van der Waals surface area (Å²) in [6.07, 6.45) is 8.26. The van der Waals surface area contributed by atoms with Crippen molar-refractivity contribution in [3.05, 3.63) is 18.0 Å². The monoisotopic (exact) mass is 278 g/mol. The number of nitrogens with zero attached hydrogens (tertiary/aromatic N) is 3. The Morgan fingerprint density at radius 1 is 1.25 bits per heavy atom. The fraction of sp³-hybridized carbons (Fsp3) is 0.812. The molecule has 1 aromatic heterocycles. The van der Waals surface area contributed by atoms with Crippen molar-refractivity contribution in [3.63, 3.8) is 0 Å². The van der Waals surface area contributed by atoms with Gasteiger partial charge in [0.2, 0.25) is 0 Å². The molecule has 1 N–H and O–H groups in total. The van der Waals surface area contributed by atoms with Crippen molar-refractivity contribution in [3.8, 4) is 0 Å². The van der Waals surface area contributed by atoms with Crippen molar-refractivity contribution in [2.24, 2.45) is 0 Å². The zero-order valence-corrected chi connectivity index (χ0v) is 13.5. The fourth-order valence-corrected chi connectivity index (χ4v) is 2.73. The predicted molar refractivity (Wildman–Crippen MR) is 83.8 cm³/mol. The van der Waals surface area contributed by atoms with Crippen LogP contribution in [0, 0.1) is 0 Å². The summed E-state index contributed by atoms with van der Waals surface area (Å²) in [4.78, 5) is 2.61. The van der Waals surface area contributed by atoms with Crippen LogP contribution in [0.15, 0.2) is 12.4 Å². The van der Waals surface area contributed by atoms with E-state index in [1.807, 2.05) is 10.9 Å². The van der Waals surface area contributed by atoms with Crippen LogP contribution in [0.2, 0.25) is 0 Å². The lowest BCUT2D eigenvalue weighted by Gasteiger charge is -2.32. The molecule has 1 aromatic rings. The lowest BCUT2D eigenvalue weighted by atomic mass is 10.1. The number of aromatic nitrogens is 2. The number of hydrogen-bond acceptors (Lipinski definition) is 3. The minimum Gasteiger partial charge on any atom is -0.311 e. The van der Waals surface area contributed by atoms with E-state index in [0.29, 0.717) is 6.04 Å². The molecular formula is C16H30N4. The second-order valence-corrected chi connectivity index (χ2v) is 7.04. The van der Waals surface area contributed by atoms with E-state index < -0.39 is 0 Å². The molecule has 20 heavy (non-hydrogen) atoms. The van der Waals surface area contributed by atoms with E-state index in [1.54, 1.807) is 0 Å². The maximum absolute atomic E-state index is 4.44. The Morgan fingerprint density at radius 2 is 1.95 bits per heavy atom. The molecule has 1 aliphatic heterocycles. The number of likely N-dealkylation sites (tertiary alicyclic amines) is 1. The Bertz CT molecular complexity index is 399. The molecule has 0 amide bonds. The zero-order valence-electron chi connectivity index (χ0n) is 13.5. The van der Waals surface area contributed by atoms with Gasteiger partial charge in [-0.1, -0.05) is 6.42 Å². The quantitative estimate of drug-likeness (QED) is 0.899. The lowest BCUT2D eigenvalue weighted by Crippen LogP contribution is -2.42. The van der Waals surface area contributed by atoms with Gasteiger partial charge in [-0.25, -0.2) is 0 Å². The summed E-state index contributed by atoms with van der Waals surface area (Å²) in [6, 6.07) is 0.632. The van der Waals surface area contributed by atoms with Gasteiger partial charge in [0.05, 0.1) is 11.7 Å². The third-order valence-corrected chi connectivity index (χ3v) is 4.11. The number of hydrogen-bond donors (Lipinski definition) is 1. The van der Waals surface area contributed by atoms with Gasteiger partial charge in [-0.05, 0) is 53.6 Å². The fourth-order valence-electron chi connectivity index (χ4n) is 2.73. The molecule has 0 spiro atoms. The molecule has 2 heterocycles. The molecule has 1 unspecified atom stereocenters. The van der Waals surface area contributed by atoms with E-state index in [4.69, 9.17) is 0 Å². The molecule has 1 atom stereocenters. The third kappa shape index (κ3) is 4.32. The first kappa shape index (κ1) is 15.5. The van der Waals surface area contributed by atoms with E-state index >= 15 is 0 Å². The molecule has 0 bridgehead atoms. The van der Waals surface area contributed by atoms with Crippen molar-refractivity contribution in [1.82, 2.24) is 20.0 Å². The smallest absolute Gasteiger partial charge is 0.0543 e. The van der Waals surface area contributed by atoms with E-state index in [0.717, 1.165) is 13.1 Å². The standard InChI is InChI=1S/C16H30N4/c1-14(19-8-6-5-7-9-19)10-17-11-15-12-18-20(13-15)16(2,3)4/h12-14,17H,5-11H2,1-4H3. The molecule has 4 nitrogen and oxygen atoms in total. The minimum atomic E-state index is 0.0688. The second-order valence-electron chi connectivity index (χ2n) is 7.04. The van der Waals surface area contributed by atoms with Crippen LogP contribution in [-0.2, 0) is 12.1 Å². The predicted octanol–water partition coefficient (Wildman–Crippen LogP) is 2.60. The van der Waals surface area contributed by atoms with Gasteiger partial charge in [0.1, 0.15) is 0 Å². The molecule has 0 radical (unpaired) electrons. The highest BCUT2D eigenvalue weighted by atomic mass is 15.3. The van der Waals surface area contributed by atoms with Crippen molar-refractivity contribution >= 4 is 0 Å². The molecule has 1 aliphatic rings. The van der Waals surface area contributed by atoms with Gasteiger partial charge < -0.3 is 5.32 Å². The van der Waals surface area contributed by atoms with E-state index in [-0.39, 0.29) is 5.54 Å². The summed E-state index contributed by atoms with van der Waals surface area (Å²) >= 11 is 0. The first-order valence-corrected chi connectivity index (χ1v) is 7.95. The van der Waals surface area contributed by atoms with E-state index in [1.165, 1.54) is 37.9 Å². The highest BCUT2D eigenvalue weighted by molar-refractivity contribution is 5.04. The van der Waals surface area contributed by atoms with Crippen LogP contribution < -0.4 is 5.32 Å². The summed E-state index contributed by atoms with van der Waals surface area (Å²) in [5, 5.41) is 8.01. The summed E-state index contributed by atoms with van der Waals surface area (Å²) in [7, 11) is 0. The SMILES string of the molecule is CC(CNCc1cnn(C(C)(C)C)c1)N1CCCCC1. The largest absolute Gasteiger partial charge is 0.311 e. The highest BCUT2D eigenvalue weighted by Crippen LogP contribution is 2.13. The normalized spacial score (nSPS) is 19.2. The van der Waals surface area contributed by atoms with Crippen molar-refractivity contribution < 1.29 is 0 Å². The number of rotatable bonds is 5. The van der Waals surface area contributed by atoms with Crippen LogP contribution in [-0.4, -0.2) is 40.4 Å². The average molecular weight is 278 g/mol. The topological polar surface area (TPSA) is 33.1 Å². The molecule has 114 valence electrons. The highest BCUT2D eigenvalue weighted by Gasteiger charge is 2.16. The molecule has 1 fully saturated rings. The third-order valence-electron chi connectivity index (χ3n) is 4.11. The molecule has 0 aliphatic carbocycles. The van der Waals surface area contributed by atoms with Gasteiger partial charge in [0.25, 0.3) is 0 Å². The van der Waals surface area contributed by atoms with Crippen molar-refractivity contribution in [1.29, 1.82) is 0 Å². The maximum atomic E-state index is 4.44. The van der Waals surface area contributed by atoms with Gasteiger partial charge in [-0.15, -0.1) is 0 Å². The Morgan fingerprint density at radius 3 is 2.55 bits per heavy atom. The van der Waals surface area contributed by atoms with Gasteiger partial charge in [-0.3, -0.25) is 9.58 Å². The van der Waals surface area contributed by atoms with Crippen molar-refractivity contribution in [2.75, 3.05) is 19.6 Å². The molecule has 1 saturated heterocycles. The van der Waals surface area contributed by atoms with Crippen LogP contribution in [0.4, 0.5) is 0 Å². The van der Waals surface area contributed by atoms with Gasteiger partial charge in [0.15, 0.2) is 0 Å². The molecule has 0 aromatic carbocycles. The van der Waals surface area contributed by atoms with Crippen molar-refractivity contribution in [2.45, 2.75) is 65.1 Å². The second kappa shape index (κ2) is 6.72. The van der Waals surface area contributed by atoms with Crippen LogP contribution in [0.5, 0.6) is 0 Å². The number of piperidine rings is 1. The minimum absolute atomic E-state index is 0.0688. The lowest BCUT2D eigenvalue weighted by molar-refractivity contribution is 0.170. The summed E-state index contributed by atoms with van der Waals surface area (Å²) in [5.74, 6) is 0. The van der Waals surface area contributed by atoms with E-state index in [9.17, 15) is 0 Å². The molecule has 2 rings (SSSR count). The first-order valence-electron chi connectivity index (χ1n) is 7.95. The van der Waals surface area contributed by atoms with Crippen LogP contribution in [0.3, 0.4) is 0 Å².